The molecule has 6 nitrogen and oxygen atoms in total. The van der Waals surface area contributed by atoms with Crippen LogP contribution in [0.5, 0.6) is 5.88 Å². The van der Waals surface area contributed by atoms with Crippen LogP contribution in [0.2, 0.25) is 0 Å². The number of benzene rings is 4. The van der Waals surface area contributed by atoms with E-state index in [9.17, 15) is 5.11 Å². The van der Waals surface area contributed by atoms with Gasteiger partial charge < -0.3 is 19.8 Å². The number of fused-ring (bicyclic) bond motifs is 8. The fraction of sp³-hybridized carbons (Fsp3) is 0.0233. The maximum atomic E-state index is 11.6. The molecule has 0 saturated heterocycles. The molecule has 0 aliphatic carbocycles. The molecule has 0 spiro atoms. The van der Waals surface area contributed by atoms with Gasteiger partial charge in [-0.25, -0.2) is 9.97 Å². The number of aliphatic hydroxyl groups is 1. The number of aromatic nitrogens is 4. The number of rotatable bonds is 4. The minimum absolute atomic E-state index is 0. The minimum Gasteiger partial charge on any atom is -0.657 e. The largest absolute Gasteiger partial charge is 2.00 e. The second-order valence-corrected chi connectivity index (χ2v) is 11.9. The van der Waals surface area contributed by atoms with Crippen molar-refractivity contribution in [3.8, 4) is 50.4 Å². The molecule has 1 atom stereocenters. The van der Waals surface area contributed by atoms with Crippen LogP contribution in [0.4, 0.5) is 0 Å². The molecule has 8 bridgehead atoms. The number of hydrogen-bond donors (Lipinski definition) is 1. The van der Waals surface area contributed by atoms with Crippen LogP contribution < -0.4 is 14.7 Å². The van der Waals surface area contributed by atoms with Crippen LogP contribution in [-0.4, -0.2) is 15.1 Å². The second-order valence-electron chi connectivity index (χ2n) is 11.9. The van der Waals surface area contributed by atoms with Crippen molar-refractivity contribution in [1.29, 1.82) is 0 Å². The van der Waals surface area contributed by atoms with Crippen molar-refractivity contribution in [3.05, 3.63) is 163 Å². The van der Waals surface area contributed by atoms with Crippen LogP contribution in [0.25, 0.3) is 78.7 Å². The van der Waals surface area contributed by atoms with Crippen molar-refractivity contribution < 1.29 is 26.3 Å². The van der Waals surface area contributed by atoms with Crippen molar-refractivity contribution in [3.63, 3.8) is 0 Å². The Labute approximate surface area is 298 Å². The monoisotopic (exact) mass is 690 g/mol. The van der Waals surface area contributed by atoms with Crippen LogP contribution in [0.1, 0.15) is 23.4 Å². The molecule has 0 saturated carbocycles. The van der Waals surface area contributed by atoms with Crippen LogP contribution in [0, 0.1) is 0 Å². The molecule has 1 unspecified atom stereocenters. The van der Waals surface area contributed by atoms with Crippen molar-refractivity contribution in [2.24, 2.45) is 0 Å². The summed E-state index contributed by atoms with van der Waals surface area (Å²) in [5, 5.41) is 11.6. The van der Waals surface area contributed by atoms with Gasteiger partial charge in [-0.2, -0.15) is 0 Å². The van der Waals surface area contributed by atoms with Crippen molar-refractivity contribution in [2.45, 2.75) is 6.29 Å². The average molecular weight is 691 g/mol. The van der Waals surface area contributed by atoms with Gasteiger partial charge in [0, 0.05) is 5.56 Å². The first-order valence-electron chi connectivity index (χ1n) is 16.2. The summed E-state index contributed by atoms with van der Waals surface area (Å²) >= 11 is 0. The molecule has 50 heavy (non-hydrogen) atoms. The summed E-state index contributed by atoms with van der Waals surface area (Å²) in [4.78, 5) is 20.7. The number of aliphatic hydroxyl groups excluding tert-OH is 1. The summed E-state index contributed by atoms with van der Waals surface area (Å²) in [5.41, 5.74) is 11.7. The van der Waals surface area contributed by atoms with Gasteiger partial charge in [0.1, 0.15) is 5.69 Å². The van der Waals surface area contributed by atoms with E-state index in [1.807, 2.05) is 121 Å². The zero-order valence-electron chi connectivity index (χ0n) is 26.5. The third-order valence-corrected chi connectivity index (χ3v) is 8.86. The molecule has 0 fully saturated rings. The third kappa shape index (κ3) is 5.53. The summed E-state index contributed by atoms with van der Waals surface area (Å²) in [6.07, 6.45) is 2.79. The topological polar surface area (TPSA) is 83.4 Å². The van der Waals surface area contributed by atoms with Gasteiger partial charge in [0.2, 0.25) is 12.2 Å². The van der Waals surface area contributed by atoms with E-state index in [2.05, 4.69) is 36.4 Å². The first-order chi connectivity index (χ1) is 24.2. The molecule has 1 N–H and O–H groups in total. The van der Waals surface area contributed by atoms with E-state index >= 15 is 0 Å². The second kappa shape index (κ2) is 13.1. The number of nitrogens with zero attached hydrogens (tertiary/aromatic N) is 4. The fourth-order valence-electron chi connectivity index (χ4n) is 6.65. The summed E-state index contributed by atoms with van der Waals surface area (Å²) in [7, 11) is 0. The Morgan fingerprint density at radius 2 is 0.800 bits per heavy atom. The van der Waals surface area contributed by atoms with E-state index < -0.39 is 6.29 Å². The number of ether oxygens (including phenoxy) is 1. The zero-order valence-corrected chi connectivity index (χ0v) is 27.5. The first-order valence-corrected chi connectivity index (χ1v) is 16.2. The molecular formula is C43H28N4NiO2. The standard InChI is InChI=1S/C43H28N4O2.Ni/c48-43-41-39(29-17-9-3-10-18-29)35-25-23-33(45-35)37(27-13-5-1-6-14-27)31-21-22-32(44-31)38(28-15-7-2-8-16-28)34-24-26-36(46-34)40(42(47-41)49-43)30-19-11-4-12-20-30;/h1-26,43,48H;/q-2;+2. The SMILES string of the molecule is OC1Oc2nc1c(-c1ccccc1)c1ccc([n-]1)c(-c1ccccc1)c1nc(c(-c3ccccc3)c3ccc([n-]3)c2-c2ccccc2)C=C1.[Ni+2]. The molecule has 3 aromatic heterocycles. The summed E-state index contributed by atoms with van der Waals surface area (Å²) in [6, 6.07) is 48.2. The van der Waals surface area contributed by atoms with Crippen LogP contribution in [-0.2, 0) is 16.5 Å². The van der Waals surface area contributed by atoms with Gasteiger partial charge in [0.25, 0.3) is 0 Å². The first kappa shape index (κ1) is 31.3. The van der Waals surface area contributed by atoms with Crippen LogP contribution in [0.3, 0.4) is 0 Å². The van der Waals surface area contributed by atoms with Crippen LogP contribution in [0.15, 0.2) is 146 Å². The summed E-state index contributed by atoms with van der Waals surface area (Å²) in [5.74, 6) is 0.289. The molecule has 4 aromatic carbocycles. The third-order valence-electron chi connectivity index (χ3n) is 8.86. The van der Waals surface area contributed by atoms with E-state index in [1.165, 1.54) is 0 Å². The maximum absolute atomic E-state index is 11.6. The summed E-state index contributed by atoms with van der Waals surface area (Å²) in [6.45, 7) is 0. The molecule has 9 rings (SSSR count). The predicted octanol–water partition coefficient (Wildman–Crippen LogP) is 9.48. The van der Waals surface area contributed by atoms with Gasteiger partial charge in [-0.1, -0.05) is 146 Å². The van der Waals surface area contributed by atoms with Gasteiger partial charge >= 0.3 is 16.5 Å². The minimum atomic E-state index is -1.32. The van der Waals surface area contributed by atoms with Crippen LogP contribution >= 0.6 is 0 Å². The average Bonchev–Trinajstić information content (AvgIpc) is 3.98. The molecule has 2 aliphatic rings. The maximum Gasteiger partial charge on any atom is 2.00 e. The molecular weight excluding hydrogens is 663 g/mol. The van der Waals surface area contributed by atoms with Gasteiger partial charge in [-0.3, -0.25) is 0 Å². The van der Waals surface area contributed by atoms with Crippen molar-refractivity contribution in [2.75, 3.05) is 0 Å². The van der Waals surface area contributed by atoms with E-state index in [0.29, 0.717) is 27.9 Å². The smallest absolute Gasteiger partial charge is 0.657 e. The van der Waals surface area contributed by atoms with E-state index in [-0.39, 0.29) is 22.4 Å². The molecule has 2 aliphatic heterocycles. The molecule has 0 amide bonds. The van der Waals surface area contributed by atoms with Crippen molar-refractivity contribution >= 4 is 34.2 Å². The summed E-state index contributed by atoms with van der Waals surface area (Å²) < 4.78 is 6.23. The fourth-order valence-corrected chi connectivity index (χ4v) is 6.65. The van der Waals surface area contributed by atoms with E-state index in [4.69, 9.17) is 24.7 Å². The van der Waals surface area contributed by atoms with Gasteiger partial charge in [-0.15, -0.1) is 22.1 Å². The van der Waals surface area contributed by atoms with E-state index in [1.54, 1.807) is 0 Å². The Morgan fingerprint density at radius 1 is 0.440 bits per heavy atom. The Bertz CT molecular complexity index is 2530. The molecule has 242 valence electrons. The quantitative estimate of drug-likeness (QED) is 0.185. The van der Waals surface area contributed by atoms with Crippen molar-refractivity contribution in [1.82, 2.24) is 19.9 Å². The predicted molar refractivity (Wildman–Crippen MR) is 195 cm³/mol. The normalized spacial score (nSPS) is 13.4. The van der Waals surface area contributed by atoms with Gasteiger partial charge in [-0.05, 0) is 51.1 Å². The Kier molecular flexibility index (Phi) is 8.21. The Balaban J connectivity index is 0.00000361. The van der Waals surface area contributed by atoms with Gasteiger partial charge in [0.05, 0.1) is 11.4 Å². The molecule has 7 aromatic rings. The molecule has 0 radical (unpaired) electrons. The Hall–Kier alpha value is -6.01. The number of hydrogen-bond acceptors (Lipinski definition) is 4. The van der Waals surface area contributed by atoms with E-state index in [0.717, 1.165) is 55.8 Å². The molecule has 5 heterocycles. The Morgan fingerprint density at radius 3 is 1.24 bits per heavy atom. The van der Waals surface area contributed by atoms with Gasteiger partial charge in [0.15, 0.2) is 0 Å². The molecule has 7 heteroatoms. The zero-order chi connectivity index (χ0) is 32.7.